The predicted octanol–water partition coefficient (Wildman–Crippen LogP) is 4.94. The van der Waals surface area contributed by atoms with Gasteiger partial charge in [-0.25, -0.2) is 0 Å². The summed E-state index contributed by atoms with van der Waals surface area (Å²) in [6.45, 7) is 6.51. The maximum Gasteiger partial charge on any atom is 0.189 e. The number of hydrogen-bond donors (Lipinski definition) is 0. The number of allylic oxidation sites excluding steroid dienone is 1. The Hall–Kier alpha value is -2.15. The van der Waals surface area contributed by atoms with Crippen molar-refractivity contribution in [2.24, 2.45) is 0 Å². The highest BCUT2D eigenvalue weighted by molar-refractivity contribution is 6.13. The first-order chi connectivity index (χ1) is 9.99. The number of aryl methyl sites for hydroxylation is 1. The number of Topliss-reactive ketones (excluding diaryl/α,β-unsaturated/α-hetero) is 1. The molecule has 0 unspecified atom stereocenters. The van der Waals surface area contributed by atoms with Crippen molar-refractivity contribution >= 4 is 11.9 Å². The Bertz CT molecular complexity index is 735. The molecule has 1 heteroatoms. The van der Waals surface area contributed by atoms with E-state index < -0.39 is 0 Å². The molecule has 3 rings (SSSR count). The van der Waals surface area contributed by atoms with Gasteiger partial charge in [0.1, 0.15) is 0 Å². The van der Waals surface area contributed by atoms with Crippen molar-refractivity contribution in [1.29, 1.82) is 0 Å². The molecule has 0 bridgehead atoms. The molecule has 0 aliphatic heterocycles. The molecular weight excluding hydrogens is 256 g/mol. The molecule has 0 N–H and O–H groups in total. The molecule has 0 fully saturated rings. The normalized spacial score (nSPS) is 18.6. The molecule has 0 saturated carbocycles. The van der Waals surface area contributed by atoms with Crippen molar-refractivity contribution in [2.45, 2.75) is 32.6 Å². The quantitative estimate of drug-likeness (QED) is 0.674. The van der Waals surface area contributed by atoms with Crippen LogP contribution in [0.4, 0.5) is 0 Å². The van der Waals surface area contributed by atoms with Crippen molar-refractivity contribution in [1.82, 2.24) is 0 Å². The molecule has 2 aromatic carbocycles. The van der Waals surface area contributed by atoms with Gasteiger partial charge in [-0.15, -0.1) is 0 Å². The van der Waals surface area contributed by atoms with Gasteiger partial charge in [-0.3, -0.25) is 4.79 Å². The van der Waals surface area contributed by atoms with Gasteiger partial charge in [0, 0.05) is 11.1 Å². The molecule has 21 heavy (non-hydrogen) atoms. The van der Waals surface area contributed by atoms with E-state index in [0.717, 1.165) is 28.7 Å². The van der Waals surface area contributed by atoms with Crippen LogP contribution in [0.1, 0.15) is 47.3 Å². The number of fused-ring (bicyclic) bond motifs is 1. The van der Waals surface area contributed by atoms with Crippen LogP contribution in [0.3, 0.4) is 0 Å². The van der Waals surface area contributed by atoms with Crippen molar-refractivity contribution in [3.63, 3.8) is 0 Å². The van der Waals surface area contributed by atoms with Crippen molar-refractivity contribution < 1.29 is 4.79 Å². The first-order valence-electron chi connectivity index (χ1n) is 7.39. The molecule has 1 aliphatic rings. The lowest BCUT2D eigenvalue weighted by Gasteiger charge is -2.33. The standard InChI is InChI=1S/C20H20O/c1-14-8-4-5-9-15(14)12-16-13-20(2,3)18-11-7-6-10-17(18)19(16)21/h4-12H,13H2,1-3H3/b16-12-. The topological polar surface area (TPSA) is 17.1 Å². The minimum Gasteiger partial charge on any atom is -0.289 e. The lowest BCUT2D eigenvalue weighted by Crippen LogP contribution is -2.29. The third-order valence-electron chi connectivity index (χ3n) is 4.34. The Kier molecular flexibility index (Phi) is 3.29. The van der Waals surface area contributed by atoms with Crippen molar-refractivity contribution in [3.05, 3.63) is 76.4 Å². The van der Waals surface area contributed by atoms with Crippen molar-refractivity contribution in [3.8, 4) is 0 Å². The Morgan fingerprint density at radius 3 is 2.43 bits per heavy atom. The smallest absolute Gasteiger partial charge is 0.189 e. The van der Waals surface area contributed by atoms with Gasteiger partial charge in [-0.05, 0) is 41.5 Å². The van der Waals surface area contributed by atoms with E-state index >= 15 is 0 Å². The van der Waals surface area contributed by atoms with Crippen molar-refractivity contribution in [2.75, 3.05) is 0 Å². The summed E-state index contributed by atoms with van der Waals surface area (Å²) in [6, 6.07) is 16.2. The lowest BCUT2D eigenvalue weighted by molar-refractivity contribution is 0.101. The molecule has 0 amide bonds. The second-order valence-electron chi connectivity index (χ2n) is 6.46. The van der Waals surface area contributed by atoms with Crippen LogP contribution in [0.2, 0.25) is 0 Å². The molecule has 1 aliphatic carbocycles. The number of rotatable bonds is 1. The van der Waals surface area contributed by atoms with Gasteiger partial charge >= 0.3 is 0 Å². The highest BCUT2D eigenvalue weighted by Crippen LogP contribution is 2.39. The first-order valence-corrected chi connectivity index (χ1v) is 7.39. The molecule has 0 atom stereocenters. The minimum atomic E-state index is -0.000970. The Labute approximate surface area is 126 Å². The van der Waals surface area contributed by atoms with Crippen LogP contribution in [0, 0.1) is 6.92 Å². The second kappa shape index (κ2) is 5.00. The number of carbonyl (C=O) groups excluding carboxylic acids is 1. The molecule has 0 heterocycles. The van der Waals surface area contributed by atoms with Gasteiger partial charge in [0.15, 0.2) is 5.78 Å². The van der Waals surface area contributed by atoms with Gasteiger partial charge in [0.2, 0.25) is 0 Å². The fraction of sp³-hybridized carbons (Fsp3) is 0.250. The van der Waals surface area contributed by atoms with Gasteiger partial charge in [0.05, 0.1) is 0 Å². The molecular formula is C20H20O. The van der Waals surface area contributed by atoms with Gasteiger partial charge < -0.3 is 0 Å². The maximum absolute atomic E-state index is 12.8. The number of benzene rings is 2. The summed E-state index contributed by atoms with van der Waals surface area (Å²) in [5, 5.41) is 0. The largest absolute Gasteiger partial charge is 0.289 e. The molecule has 2 aromatic rings. The monoisotopic (exact) mass is 276 g/mol. The highest BCUT2D eigenvalue weighted by Gasteiger charge is 2.34. The van der Waals surface area contributed by atoms with E-state index in [-0.39, 0.29) is 11.2 Å². The molecule has 0 aromatic heterocycles. The van der Waals surface area contributed by atoms with Crippen LogP contribution in [-0.4, -0.2) is 5.78 Å². The van der Waals surface area contributed by atoms with E-state index in [0.29, 0.717) is 0 Å². The summed E-state index contributed by atoms with van der Waals surface area (Å²) in [6.07, 6.45) is 2.85. The zero-order valence-corrected chi connectivity index (χ0v) is 12.8. The number of ketones is 1. The zero-order chi connectivity index (χ0) is 15.0. The van der Waals surface area contributed by atoms with Crippen LogP contribution < -0.4 is 0 Å². The Morgan fingerprint density at radius 2 is 1.67 bits per heavy atom. The minimum absolute atomic E-state index is 0.000970. The van der Waals surface area contributed by atoms with Crippen LogP contribution in [-0.2, 0) is 5.41 Å². The molecule has 0 saturated heterocycles. The maximum atomic E-state index is 12.8. The van der Waals surface area contributed by atoms with Gasteiger partial charge in [0.25, 0.3) is 0 Å². The molecule has 0 spiro atoms. The lowest BCUT2D eigenvalue weighted by atomic mass is 9.70. The van der Waals surface area contributed by atoms with E-state index in [1.165, 1.54) is 5.56 Å². The fourth-order valence-electron chi connectivity index (χ4n) is 3.15. The van der Waals surface area contributed by atoms with E-state index in [4.69, 9.17) is 0 Å². The van der Waals surface area contributed by atoms with Crippen LogP contribution in [0.25, 0.3) is 6.08 Å². The average Bonchev–Trinajstić information content (AvgIpc) is 2.47. The second-order valence-corrected chi connectivity index (χ2v) is 6.46. The van der Waals surface area contributed by atoms with Gasteiger partial charge in [-0.1, -0.05) is 62.4 Å². The SMILES string of the molecule is Cc1ccccc1/C=C1/CC(C)(C)c2ccccc2C1=O. The summed E-state index contributed by atoms with van der Waals surface area (Å²) in [5.41, 5.74) is 5.27. The zero-order valence-electron chi connectivity index (χ0n) is 12.8. The van der Waals surface area contributed by atoms with Crippen LogP contribution >= 0.6 is 0 Å². The number of carbonyl (C=O) groups is 1. The summed E-state index contributed by atoms with van der Waals surface area (Å²) in [5.74, 6) is 0.174. The van der Waals surface area contributed by atoms with E-state index in [9.17, 15) is 4.79 Å². The third kappa shape index (κ3) is 2.44. The average molecular weight is 276 g/mol. The van der Waals surface area contributed by atoms with E-state index in [1.54, 1.807) is 0 Å². The highest BCUT2D eigenvalue weighted by atomic mass is 16.1. The Balaban J connectivity index is 2.12. The molecule has 1 nitrogen and oxygen atoms in total. The van der Waals surface area contributed by atoms with E-state index in [2.05, 4.69) is 45.0 Å². The first kappa shape index (κ1) is 13.8. The Morgan fingerprint density at radius 1 is 1.00 bits per heavy atom. The fourth-order valence-corrected chi connectivity index (χ4v) is 3.15. The van der Waals surface area contributed by atoms with Crippen LogP contribution in [0.15, 0.2) is 54.1 Å². The molecule has 0 radical (unpaired) electrons. The van der Waals surface area contributed by atoms with Gasteiger partial charge in [-0.2, -0.15) is 0 Å². The predicted molar refractivity (Wildman–Crippen MR) is 87.6 cm³/mol. The summed E-state index contributed by atoms with van der Waals surface area (Å²) in [4.78, 5) is 12.8. The summed E-state index contributed by atoms with van der Waals surface area (Å²) < 4.78 is 0. The molecule has 106 valence electrons. The van der Waals surface area contributed by atoms with Crippen LogP contribution in [0.5, 0.6) is 0 Å². The van der Waals surface area contributed by atoms with E-state index in [1.807, 2.05) is 30.3 Å². The third-order valence-corrected chi connectivity index (χ3v) is 4.34. The summed E-state index contributed by atoms with van der Waals surface area (Å²) >= 11 is 0. The number of hydrogen-bond acceptors (Lipinski definition) is 1. The summed E-state index contributed by atoms with van der Waals surface area (Å²) in [7, 11) is 0.